The minimum Gasteiger partial charge on any atom is -0.444 e. The second-order valence-corrected chi connectivity index (χ2v) is 10.1. The van der Waals surface area contributed by atoms with E-state index < -0.39 is 23.8 Å². The second kappa shape index (κ2) is 14.4. The summed E-state index contributed by atoms with van der Waals surface area (Å²) in [6, 6.07) is 5.40. The van der Waals surface area contributed by atoms with Gasteiger partial charge in [0, 0.05) is 18.7 Å². The van der Waals surface area contributed by atoms with Crippen LogP contribution < -0.4 is 10.6 Å². The molecule has 2 atom stereocenters. The van der Waals surface area contributed by atoms with Crippen molar-refractivity contribution in [3.63, 3.8) is 0 Å². The SMILES string of the molecule is C#Cc1ccccc1C(C(=O)NCCCC)N(CCC)C(=O)C(CC(C)C)NC(=O)OC(C)(C)C. The molecule has 3 amide bonds. The van der Waals surface area contributed by atoms with E-state index in [-0.39, 0.29) is 17.7 Å². The van der Waals surface area contributed by atoms with Crippen molar-refractivity contribution in [2.75, 3.05) is 13.1 Å². The third-order valence-corrected chi connectivity index (χ3v) is 5.24. The predicted molar refractivity (Wildman–Crippen MR) is 140 cm³/mol. The molecule has 0 radical (unpaired) electrons. The van der Waals surface area contributed by atoms with Crippen LogP contribution in [0.5, 0.6) is 0 Å². The molecule has 2 N–H and O–H groups in total. The van der Waals surface area contributed by atoms with Crippen LogP contribution in [0.4, 0.5) is 4.79 Å². The molecule has 2 unspecified atom stereocenters. The van der Waals surface area contributed by atoms with Crippen LogP contribution in [0.1, 0.15) is 91.3 Å². The number of ether oxygens (including phenoxy) is 1. The van der Waals surface area contributed by atoms with Gasteiger partial charge in [0.25, 0.3) is 0 Å². The molecule has 0 aromatic heterocycles. The highest BCUT2D eigenvalue weighted by Crippen LogP contribution is 2.27. The lowest BCUT2D eigenvalue weighted by molar-refractivity contribution is -0.142. The Bertz CT molecular complexity index is 883. The number of hydrogen-bond donors (Lipinski definition) is 2. The molecule has 0 fully saturated rings. The van der Waals surface area contributed by atoms with Gasteiger partial charge in [-0.25, -0.2) is 4.79 Å². The van der Waals surface area contributed by atoms with Gasteiger partial charge in [-0.05, 0) is 57.6 Å². The highest BCUT2D eigenvalue weighted by Gasteiger charge is 2.36. The first-order valence-electron chi connectivity index (χ1n) is 12.6. The minimum absolute atomic E-state index is 0.122. The Morgan fingerprint density at radius 2 is 1.77 bits per heavy atom. The summed E-state index contributed by atoms with van der Waals surface area (Å²) < 4.78 is 5.41. The maximum Gasteiger partial charge on any atom is 0.408 e. The summed E-state index contributed by atoms with van der Waals surface area (Å²) in [5.74, 6) is 2.14. The molecule has 1 aromatic rings. The molecule has 194 valence electrons. The molecule has 0 saturated carbocycles. The highest BCUT2D eigenvalue weighted by atomic mass is 16.6. The zero-order chi connectivity index (χ0) is 26.6. The summed E-state index contributed by atoms with van der Waals surface area (Å²) in [5, 5.41) is 5.71. The number of unbranched alkanes of at least 4 members (excludes halogenated alkanes) is 1. The number of carbonyl (C=O) groups is 3. The van der Waals surface area contributed by atoms with Crippen molar-refractivity contribution in [1.82, 2.24) is 15.5 Å². The Hall–Kier alpha value is -3.01. The van der Waals surface area contributed by atoms with Gasteiger partial charge in [0.2, 0.25) is 11.8 Å². The number of terminal acetylenes is 1. The first kappa shape index (κ1) is 30.0. The first-order chi connectivity index (χ1) is 16.4. The van der Waals surface area contributed by atoms with Gasteiger partial charge in [0.05, 0.1) is 0 Å². The Labute approximate surface area is 211 Å². The summed E-state index contributed by atoms with van der Waals surface area (Å²) in [6.07, 6.45) is 7.87. The van der Waals surface area contributed by atoms with Gasteiger partial charge in [-0.1, -0.05) is 58.2 Å². The first-order valence-corrected chi connectivity index (χ1v) is 12.6. The highest BCUT2D eigenvalue weighted by molar-refractivity contribution is 5.92. The van der Waals surface area contributed by atoms with Crippen molar-refractivity contribution in [3.05, 3.63) is 35.4 Å². The molecule has 0 aliphatic heterocycles. The normalized spacial score (nSPS) is 12.9. The van der Waals surface area contributed by atoms with Crippen molar-refractivity contribution < 1.29 is 19.1 Å². The fourth-order valence-corrected chi connectivity index (χ4v) is 3.75. The molecule has 0 aliphatic rings. The predicted octanol–water partition coefficient (Wildman–Crippen LogP) is 4.80. The Kier molecular flexibility index (Phi) is 12.4. The van der Waals surface area contributed by atoms with Crippen LogP contribution in [0.3, 0.4) is 0 Å². The maximum absolute atomic E-state index is 13.9. The van der Waals surface area contributed by atoms with Gasteiger partial charge in [-0.2, -0.15) is 0 Å². The van der Waals surface area contributed by atoms with E-state index in [1.54, 1.807) is 37.8 Å². The molecule has 7 nitrogen and oxygen atoms in total. The summed E-state index contributed by atoms with van der Waals surface area (Å²) in [6.45, 7) is 14.1. The van der Waals surface area contributed by atoms with Crippen LogP contribution in [-0.4, -0.2) is 47.5 Å². The van der Waals surface area contributed by atoms with E-state index in [0.717, 1.165) is 12.8 Å². The van der Waals surface area contributed by atoms with Crippen molar-refractivity contribution in [3.8, 4) is 12.3 Å². The average Bonchev–Trinajstić information content (AvgIpc) is 2.76. The number of nitrogens with zero attached hydrogens (tertiary/aromatic N) is 1. The largest absolute Gasteiger partial charge is 0.444 e. The van der Waals surface area contributed by atoms with Crippen LogP contribution in [0.2, 0.25) is 0 Å². The quantitative estimate of drug-likeness (QED) is 0.329. The third-order valence-electron chi connectivity index (χ3n) is 5.24. The lowest BCUT2D eigenvalue weighted by Crippen LogP contribution is -2.53. The summed E-state index contributed by atoms with van der Waals surface area (Å²) in [7, 11) is 0. The van der Waals surface area contributed by atoms with Crippen LogP contribution in [0, 0.1) is 18.3 Å². The van der Waals surface area contributed by atoms with Crippen LogP contribution in [-0.2, 0) is 14.3 Å². The van der Waals surface area contributed by atoms with Crippen LogP contribution >= 0.6 is 0 Å². The van der Waals surface area contributed by atoms with Crippen molar-refractivity contribution in [2.24, 2.45) is 5.92 Å². The number of hydrogen-bond acceptors (Lipinski definition) is 4. The zero-order valence-corrected chi connectivity index (χ0v) is 22.4. The van der Waals surface area contributed by atoms with Gasteiger partial charge >= 0.3 is 6.09 Å². The topological polar surface area (TPSA) is 87.7 Å². The molecule has 1 rings (SSSR count). The van der Waals surface area contributed by atoms with Crippen molar-refractivity contribution in [2.45, 2.75) is 91.8 Å². The minimum atomic E-state index is -0.915. The number of carbonyl (C=O) groups excluding carboxylic acids is 3. The lowest BCUT2D eigenvalue weighted by Gasteiger charge is -2.35. The van der Waals surface area contributed by atoms with Crippen LogP contribution in [0.25, 0.3) is 0 Å². The molecule has 7 heteroatoms. The van der Waals surface area contributed by atoms with E-state index in [1.165, 1.54) is 0 Å². The molecule has 0 saturated heterocycles. The average molecular weight is 486 g/mol. The molecular formula is C28H43N3O4. The number of nitrogens with one attached hydrogen (secondary N) is 2. The molecule has 0 bridgehead atoms. The van der Waals surface area contributed by atoms with E-state index in [2.05, 4.69) is 16.6 Å². The number of alkyl carbamates (subject to hydrolysis) is 1. The summed E-state index contributed by atoms with van der Waals surface area (Å²) in [5.41, 5.74) is 0.440. The van der Waals surface area contributed by atoms with Crippen LogP contribution in [0.15, 0.2) is 24.3 Å². The molecule has 0 heterocycles. The van der Waals surface area contributed by atoms with E-state index in [4.69, 9.17) is 11.2 Å². The van der Waals surface area contributed by atoms with Gasteiger partial charge in [0.1, 0.15) is 17.7 Å². The standard InChI is InChI=1S/C28H43N3O4/c1-9-12-17-29-25(32)24(22-16-14-13-15-21(22)11-3)31(18-10-2)26(33)23(19-20(4)5)30-27(34)35-28(6,7)8/h3,13-16,20,23-24H,9-10,12,17-19H2,1-2,4-8H3,(H,29,32)(H,30,34). The lowest BCUT2D eigenvalue weighted by atomic mass is 9.96. The Morgan fingerprint density at radius 1 is 1.11 bits per heavy atom. The van der Waals surface area contributed by atoms with E-state index >= 15 is 0 Å². The van der Waals surface area contributed by atoms with Crippen molar-refractivity contribution in [1.29, 1.82) is 0 Å². The third kappa shape index (κ3) is 10.0. The van der Waals surface area contributed by atoms with Gasteiger partial charge in [-0.3, -0.25) is 9.59 Å². The number of amides is 3. The van der Waals surface area contributed by atoms with Crippen molar-refractivity contribution >= 4 is 17.9 Å². The van der Waals surface area contributed by atoms with Gasteiger partial charge in [-0.15, -0.1) is 6.42 Å². The Morgan fingerprint density at radius 3 is 2.31 bits per heavy atom. The second-order valence-electron chi connectivity index (χ2n) is 10.1. The number of benzene rings is 1. The van der Waals surface area contributed by atoms with E-state index in [9.17, 15) is 14.4 Å². The van der Waals surface area contributed by atoms with E-state index in [0.29, 0.717) is 37.1 Å². The Balaban J connectivity index is 3.46. The molecule has 0 aliphatic carbocycles. The molecule has 1 aromatic carbocycles. The summed E-state index contributed by atoms with van der Waals surface area (Å²) >= 11 is 0. The van der Waals surface area contributed by atoms with Gasteiger partial charge in [0.15, 0.2) is 0 Å². The van der Waals surface area contributed by atoms with E-state index in [1.807, 2.05) is 39.8 Å². The smallest absolute Gasteiger partial charge is 0.408 e. The fraction of sp³-hybridized carbons (Fsp3) is 0.607. The molecule has 35 heavy (non-hydrogen) atoms. The zero-order valence-electron chi connectivity index (χ0n) is 22.4. The fourth-order valence-electron chi connectivity index (χ4n) is 3.75. The number of rotatable bonds is 12. The monoisotopic (exact) mass is 485 g/mol. The molecule has 0 spiro atoms. The maximum atomic E-state index is 13.9. The molecular weight excluding hydrogens is 442 g/mol. The summed E-state index contributed by atoms with van der Waals surface area (Å²) in [4.78, 5) is 41.5. The van der Waals surface area contributed by atoms with Gasteiger partial charge < -0.3 is 20.3 Å².